The van der Waals surface area contributed by atoms with Gasteiger partial charge in [0.1, 0.15) is 12.4 Å². The lowest BCUT2D eigenvalue weighted by Crippen LogP contribution is -2.30. The minimum atomic E-state index is -3.94. The summed E-state index contributed by atoms with van der Waals surface area (Å²) in [5.41, 5.74) is 0. The quantitative estimate of drug-likeness (QED) is 0.267. The molecule has 7 heteroatoms. The molecule has 0 N–H and O–H groups in total. The van der Waals surface area contributed by atoms with E-state index in [2.05, 4.69) is 50.8 Å². The number of unbranched alkanes of at least 4 members (excludes halogenated alkanes) is 7. The Labute approximate surface area is 160 Å². The number of hydrogen-bond acceptors (Lipinski definition) is 4. The SMILES string of the molecule is CCCCCCCCCC[n+]1ccn(CC)c1.CCOP(=O)([O-])OCC. The second kappa shape index (κ2) is 16.5. The van der Waals surface area contributed by atoms with Crippen LogP contribution in [0.3, 0.4) is 0 Å². The average Bonchev–Trinajstić information content (AvgIpc) is 3.06. The van der Waals surface area contributed by atoms with Gasteiger partial charge in [-0.2, -0.15) is 0 Å². The maximum Gasteiger partial charge on any atom is 0.267 e. The van der Waals surface area contributed by atoms with E-state index in [1.54, 1.807) is 13.8 Å². The maximum absolute atomic E-state index is 10.4. The van der Waals surface area contributed by atoms with E-state index in [9.17, 15) is 9.46 Å². The molecule has 0 saturated carbocycles. The summed E-state index contributed by atoms with van der Waals surface area (Å²) >= 11 is 0. The highest BCUT2D eigenvalue weighted by molar-refractivity contribution is 7.45. The summed E-state index contributed by atoms with van der Waals surface area (Å²) in [6.45, 7) is 10.1. The zero-order valence-corrected chi connectivity index (χ0v) is 18.1. The predicted molar refractivity (Wildman–Crippen MR) is 104 cm³/mol. The predicted octanol–water partition coefficient (Wildman–Crippen LogP) is 4.46. The molecule has 0 amide bonds. The van der Waals surface area contributed by atoms with Crippen molar-refractivity contribution < 1.29 is 23.1 Å². The zero-order chi connectivity index (χ0) is 19.7. The van der Waals surface area contributed by atoms with Crippen LogP contribution in [0.25, 0.3) is 0 Å². The number of hydrogen-bond donors (Lipinski definition) is 0. The highest BCUT2D eigenvalue weighted by Gasteiger charge is 2.04. The van der Waals surface area contributed by atoms with Crippen LogP contribution in [0.2, 0.25) is 0 Å². The molecule has 0 unspecified atom stereocenters. The number of nitrogens with zero attached hydrogens (tertiary/aromatic N) is 2. The van der Waals surface area contributed by atoms with E-state index in [1.165, 1.54) is 57.9 Å². The molecule has 0 aliphatic rings. The van der Waals surface area contributed by atoms with Gasteiger partial charge in [-0.15, -0.1) is 0 Å². The lowest BCUT2D eigenvalue weighted by Gasteiger charge is -2.20. The fourth-order valence-electron chi connectivity index (χ4n) is 2.54. The Hall–Kier alpha value is -0.680. The van der Waals surface area contributed by atoms with Gasteiger partial charge < -0.3 is 13.9 Å². The molecule has 0 saturated heterocycles. The third-order valence-corrected chi connectivity index (χ3v) is 5.10. The van der Waals surface area contributed by atoms with Gasteiger partial charge in [0.05, 0.1) is 26.3 Å². The van der Waals surface area contributed by atoms with Gasteiger partial charge in [0, 0.05) is 0 Å². The molecule has 6 nitrogen and oxygen atoms in total. The van der Waals surface area contributed by atoms with Crippen LogP contribution < -0.4 is 9.46 Å². The normalized spacial score (nSPS) is 11.3. The number of rotatable bonds is 14. The summed E-state index contributed by atoms with van der Waals surface area (Å²) in [5, 5.41) is 0. The van der Waals surface area contributed by atoms with Crippen molar-refractivity contribution in [2.75, 3.05) is 13.2 Å². The highest BCUT2D eigenvalue weighted by Crippen LogP contribution is 2.37. The van der Waals surface area contributed by atoms with Crippen molar-refractivity contribution in [2.45, 2.75) is 92.2 Å². The van der Waals surface area contributed by atoms with Crippen LogP contribution in [-0.4, -0.2) is 17.8 Å². The van der Waals surface area contributed by atoms with E-state index >= 15 is 0 Å². The molecule has 0 atom stereocenters. The fourth-order valence-corrected chi connectivity index (χ4v) is 3.25. The Morgan fingerprint density at radius 1 is 0.923 bits per heavy atom. The van der Waals surface area contributed by atoms with Crippen molar-refractivity contribution in [2.24, 2.45) is 0 Å². The van der Waals surface area contributed by atoms with Crippen molar-refractivity contribution in [3.8, 4) is 0 Å². The van der Waals surface area contributed by atoms with Crippen LogP contribution >= 0.6 is 7.82 Å². The molecule has 1 aromatic heterocycles. The minimum Gasteiger partial charge on any atom is -0.756 e. The molecule has 0 bridgehead atoms. The zero-order valence-electron chi connectivity index (χ0n) is 17.2. The molecule has 0 radical (unpaired) electrons. The second-order valence-electron chi connectivity index (χ2n) is 6.24. The van der Waals surface area contributed by atoms with Gasteiger partial charge >= 0.3 is 0 Å². The first-order chi connectivity index (χ1) is 12.5. The van der Waals surface area contributed by atoms with Gasteiger partial charge in [-0.05, 0) is 33.6 Å². The van der Waals surface area contributed by atoms with Gasteiger partial charge in [0.25, 0.3) is 7.82 Å². The third kappa shape index (κ3) is 14.5. The van der Waals surface area contributed by atoms with Gasteiger partial charge in [0.15, 0.2) is 0 Å². The van der Waals surface area contributed by atoms with Crippen LogP contribution in [0.5, 0.6) is 0 Å². The van der Waals surface area contributed by atoms with E-state index < -0.39 is 7.82 Å². The van der Waals surface area contributed by atoms with E-state index in [4.69, 9.17) is 0 Å². The molecule has 154 valence electrons. The first-order valence-electron chi connectivity index (χ1n) is 10.1. The van der Waals surface area contributed by atoms with E-state index in [0.717, 1.165) is 6.54 Å². The van der Waals surface area contributed by atoms with Gasteiger partial charge in [0.2, 0.25) is 6.33 Å². The van der Waals surface area contributed by atoms with Crippen LogP contribution in [0.4, 0.5) is 0 Å². The summed E-state index contributed by atoms with van der Waals surface area (Å²) < 4.78 is 23.4. The number of imidazole rings is 1. The largest absolute Gasteiger partial charge is 0.756 e. The third-order valence-electron chi connectivity index (χ3n) is 3.96. The van der Waals surface area contributed by atoms with Crippen molar-refractivity contribution >= 4 is 7.82 Å². The van der Waals surface area contributed by atoms with Crippen molar-refractivity contribution in [1.82, 2.24) is 4.57 Å². The molecule has 0 aliphatic carbocycles. The Morgan fingerprint density at radius 3 is 1.92 bits per heavy atom. The first kappa shape index (κ1) is 25.3. The summed E-state index contributed by atoms with van der Waals surface area (Å²) in [7, 11) is -3.94. The molecule has 0 aliphatic heterocycles. The van der Waals surface area contributed by atoms with Gasteiger partial charge in [-0.1, -0.05) is 45.4 Å². The summed E-state index contributed by atoms with van der Waals surface area (Å²) in [6.07, 6.45) is 17.8. The van der Waals surface area contributed by atoms with Crippen LogP contribution in [0.1, 0.15) is 79.1 Å². The highest BCUT2D eigenvalue weighted by atomic mass is 31.2. The summed E-state index contributed by atoms with van der Waals surface area (Å²) in [6, 6.07) is 0. The van der Waals surface area contributed by atoms with Gasteiger partial charge in [-0.25, -0.2) is 9.13 Å². The molecule has 0 aromatic carbocycles. The van der Waals surface area contributed by atoms with Crippen molar-refractivity contribution in [1.29, 1.82) is 0 Å². The lowest BCUT2D eigenvalue weighted by atomic mass is 10.1. The van der Waals surface area contributed by atoms with Crippen molar-refractivity contribution in [3.05, 3.63) is 18.7 Å². The Bertz CT molecular complexity index is 470. The number of aryl methyl sites for hydroxylation is 2. The van der Waals surface area contributed by atoms with E-state index in [-0.39, 0.29) is 13.2 Å². The van der Waals surface area contributed by atoms with Crippen LogP contribution in [0, 0.1) is 0 Å². The Morgan fingerprint density at radius 2 is 1.46 bits per heavy atom. The Balaban J connectivity index is 0.000000590. The molecule has 0 fully saturated rings. The summed E-state index contributed by atoms with van der Waals surface area (Å²) in [4.78, 5) is 10.4. The molecule has 1 aromatic rings. The standard InChI is InChI=1S/C15H29N2.C4H11O4P/c1-3-5-6-7-8-9-10-11-12-17-14-13-16(4-2)15-17;1-3-7-9(5,6)8-4-2/h13-15H,3-12H2,1-2H3;3-4H2,1-2H3,(H,5,6)/q+1;/p-1. The lowest BCUT2D eigenvalue weighted by molar-refractivity contribution is -0.696. The smallest absolute Gasteiger partial charge is 0.267 e. The molecular formula is C19H39N2O4P. The monoisotopic (exact) mass is 390 g/mol. The molecule has 26 heavy (non-hydrogen) atoms. The average molecular weight is 391 g/mol. The van der Waals surface area contributed by atoms with Crippen LogP contribution in [0.15, 0.2) is 18.7 Å². The van der Waals surface area contributed by atoms with Gasteiger partial charge in [-0.3, -0.25) is 4.57 Å². The van der Waals surface area contributed by atoms with Crippen LogP contribution in [-0.2, 0) is 26.7 Å². The maximum atomic E-state index is 10.4. The van der Waals surface area contributed by atoms with E-state index in [0.29, 0.717) is 0 Å². The fraction of sp³-hybridized carbons (Fsp3) is 0.842. The first-order valence-corrected chi connectivity index (χ1v) is 11.6. The summed E-state index contributed by atoms with van der Waals surface area (Å²) in [5.74, 6) is 0. The molecule has 1 heterocycles. The molecular weight excluding hydrogens is 351 g/mol. The number of phosphoric acid groups is 1. The van der Waals surface area contributed by atoms with Crippen molar-refractivity contribution in [3.63, 3.8) is 0 Å². The number of phosphoric ester groups is 1. The molecule has 1 rings (SSSR count). The van der Waals surface area contributed by atoms with E-state index in [1.807, 2.05) is 0 Å². The minimum absolute atomic E-state index is 0.126. The number of aromatic nitrogens is 2. The topological polar surface area (TPSA) is 67.4 Å². The molecule has 0 spiro atoms. The Kier molecular flexibility index (Phi) is 16.1. The second-order valence-corrected chi connectivity index (χ2v) is 7.65.